The third-order valence-corrected chi connectivity index (χ3v) is 4.62. The molecule has 0 aliphatic rings. The van der Waals surface area contributed by atoms with Crippen LogP contribution in [0.15, 0.2) is 36.4 Å². The highest BCUT2D eigenvalue weighted by atomic mass is 16.5. The molecule has 0 fully saturated rings. The predicted molar refractivity (Wildman–Crippen MR) is 98.5 cm³/mol. The van der Waals surface area contributed by atoms with Crippen LogP contribution in [0.25, 0.3) is 0 Å². The van der Waals surface area contributed by atoms with E-state index in [2.05, 4.69) is 37.4 Å². The lowest BCUT2D eigenvalue weighted by Gasteiger charge is -2.20. The van der Waals surface area contributed by atoms with Crippen molar-refractivity contribution < 1.29 is 9.53 Å². The molecule has 0 heterocycles. The first kappa shape index (κ1) is 18.1. The van der Waals surface area contributed by atoms with Gasteiger partial charge in [-0.1, -0.05) is 30.3 Å². The molecule has 2 rings (SSSR count). The Hall–Kier alpha value is -2.29. The monoisotopic (exact) mass is 325 g/mol. The number of aryl methyl sites for hydroxylation is 3. The zero-order chi connectivity index (χ0) is 17.9. The molecule has 0 aliphatic carbocycles. The lowest BCUT2D eigenvalue weighted by Crippen LogP contribution is -2.37. The second-order valence-electron chi connectivity index (χ2n) is 6.53. The van der Waals surface area contributed by atoms with E-state index in [1.165, 1.54) is 11.1 Å². The maximum atomic E-state index is 12.4. The summed E-state index contributed by atoms with van der Waals surface area (Å²) in [5, 5.41) is 3.03. The number of carbonyl (C=O) groups excluding carboxylic acids is 1. The Labute approximate surface area is 145 Å². The van der Waals surface area contributed by atoms with Crippen LogP contribution in [0.3, 0.4) is 0 Å². The quantitative estimate of drug-likeness (QED) is 0.875. The number of carbonyl (C=O) groups is 1. The van der Waals surface area contributed by atoms with Crippen molar-refractivity contribution in [1.82, 2.24) is 5.32 Å². The Bertz CT molecular complexity index is 737. The van der Waals surface area contributed by atoms with E-state index in [9.17, 15) is 4.79 Å². The second kappa shape index (κ2) is 7.52. The molecule has 0 spiro atoms. The molecule has 0 radical (unpaired) electrons. The van der Waals surface area contributed by atoms with Crippen LogP contribution in [0.1, 0.15) is 47.7 Å². The topological polar surface area (TPSA) is 38.3 Å². The minimum Gasteiger partial charge on any atom is -0.481 e. The van der Waals surface area contributed by atoms with Gasteiger partial charge in [-0.3, -0.25) is 4.79 Å². The largest absolute Gasteiger partial charge is 0.481 e. The summed E-state index contributed by atoms with van der Waals surface area (Å²) in [6, 6.07) is 12.1. The number of hydrogen-bond donors (Lipinski definition) is 1. The number of benzene rings is 2. The van der Waals surface area contributed by atoms with Gasteiger partial charge in [0.1, 0.15) is 5.75 Å². The average molecular weight is 325 g/mol. The normalized spacial score (nSPS) is 13.2. The molecule has 3 heteroatoms. The fourth-order valence-electron chi connectivity index (χ4n) is 2.54. The van der Waals surface area contributed by atoms with Crippen LogP contribution in [0.2, 0.25) is 0 Å². The maximum absolute atomic E-state index is 12.4. The van der Waals surface area contributed by atoms with Gasteiger partial charge < -0.3 is 10.1 Å². The van der Waals surface area contributed by atoms with Gasteiger partial charge in [0, 0.05) is 0 Å². The number of rotatable bonds is 5. The Morgan fingerprint density at radius 1 is 0.958 bits per heavy atom. The molecule has 2 atom stereocenters. The Kier molecular flexibility index (Phi) is 5.66. The second-order valence-corrected chi connectivity index (χ2v) is 6.53. The Morgan fingerprint density at radius 2 is 1.67 bits per heavy atom. The first-order valence-corrected chi connectivity index (χ1v) is 8.40. The van der Waals surface area contributed by atoms with Crippen LogP contribution in [0, 0.1) is 27.7 Å². The van der Waals surface area contributed by atoms with Gasteiger partial charge in [-0.25, -0.2) is 0 Å². The summed E-state index contributed by atoms with van der Waals surface area (Å²) in [5.74, 6) is 0.651. The molecule has 0 aromatic heterocycles. The standard InChI is InChI=1S/C21H27NO2/c1-13-10-11-19(12-15(13)3)17(5)22-21(23)18(6)24-20-9-7-8-14(2)16(20)4/h7-12,17-18H,1-6H3,(H,22,23)/t17-,18+/m0/s1. The van der Waals surface area contributed by atoms with Crippen LogP contribution in [-0.4, -0.2) is 12.0 Å². The summed E-state index contributed by atoms with van der Waals surface area (Å²) >= 11 is 0. The van der Waals surface area contributed by atoms with Crippen molar-refractivity contribution in [2.75, 3.05) is 0 Å². The molecule has 0 saturated carbocycles. The average Bonchev–Trinajstić information content (AvgIpc) is 2.54. The van der Waals surface area contributed by atoms with E-state index in [0.717, 1.165) is 22.4 Å². The van der Waals surface area contributed by atoms with Crippen LogP contribution in [0.4, 0.5) is 0 Å². The molecule has 0 bridgehead atoms. The van der Waals surface area contributed by atoms with Crippen molar-refractivity contribution >= 4 is 5.91 Å². The highest BCUT2D eigenvalue weighted by Gasteiger charge is 2.18. The van der Waals surface area contributed by atoms with E-state index < -0.39 is 6.10 Å². The number of nitrogens with one attached hydrogen (secondary N) is 1. The van der Waals surface area contributed by atoms with Gasteiger partial charge in [-0.2, -0.15) is 0 Å². The molecule has 128 valence electrons. The molecule has 1 amide bonds. The zero-order valence-corrected chi connectivity index (χ0v) is 15.4. The summed E-state index contributed by atoms with van der Waals surface area (Å²) in [7, 11) is 0. The Morgan fingerprint density at radius 3 is 2.33 bits per heavy atom. The zero-order valence-electron chi connectivity index (χ0n) is 15.4. The Balaban J connectivity index is 2.02. The summed E-state index contributed by atoms with van der Waals surface area (Å²) in [4.78, 5) is 12.4. The fourth-order valence-corrected chi connectivity index (χ4v) is 2.54. The summed E-state index contributed by atoms with van der Waals surface area (Å²) < 4.78 is 5.86. The molecule has 24 heavy (non-hydrogen) atoms. The number of ether oxygens (including phenoxy) is 1. The predicted octanol–water partition coefficient (Wildman–Crippen LogP) is 4.56. The van der Waals surface area contributed by atoms with Crippen molar-refractivity contribution in [2.45, 2.75) is 53.7 Å². The van der Waals surface area contributed by atoms with Gasteiger partial charge >= 0.3 is 0 Å². The minimum absolute atomic E-state index is 0.0542. The molecule has 0 unspecified atom stereocenters. The van der Waals surface area contributed by atoms with Gasteiger partial charge in [0.15, 0.2) is 6.10 Å². The molecule has 3 nitrogen and oxygen atoms in total. The van der Waals surface area contributed by atoms with Crippen LogP contribution in [0.5, 0.6) is 5.75 Å². The third kappa shape index (κ3) is 4.16. The minimum atomic E-state index is -0.542. The summed E-state index contributed by atoms with van der Waals surface area (Å²) in [5.41, 5.74) is 5.81. The van der Waals surface area contributed by atoms with E-state index in [1.807, 2.05) is 39.0 Å². The molecule has 2 aromatic carbocycles. The first-order valence-electron chi connectivity index (χ1n) is 8.40. The molecular formula is C21H27NO2. The highest BCUT2D eigenvalue weighted by molar-refractivity contribution is 5.81. The SMILES string of the molecule is Cc1ccc([C@H](C)NC(=O)[C@@H](C)Oc2cccc(C)c2C)cc1C. The van der Waals surface area contributed by atoms with E-state index in [1.54, 1.807) is 6.92 Å². The van der Waals surface area contributed by atoms with Gasteiger partial charge in [-0.05, 0) is 75.4 Å². The van der Waals surface area contributed by atoms with Crippen molar-refractivity contribution in [3.8, 4) is 5.75 Å². The molecule has 1 N–H and O–H groups in total. The smallest absolute Gasteiger partial charge is 0.261 e. The summed E-state index contributed by atoms with van der Waals surface area (Å²) in [6.45, 7) is 12.0. The maximum Gasteiger partial charge on any atom is 0.261 e. The van der Waals surface area contributed by atoms with Crippen molar-refractivity contribution in [3.05, 3.63) is 64.2 Å². The van der Waals surface area contributed by atoms with Gasteiger partial charge in [0.05, 0.1) is 6.04 Å². The molecular weight excluding hydrogens is 298 g/mol. The van der Waals surface area contributed by atoms with Gasteiger partial charge in [-0.15, -0.1) is 0 Å². The van der Waals surface area contributed by atoms with E-state index in [4.69, 9.17) is 4.74 Å². The van der Waals surface area contributed by atoms with Crippen molar-refractivity contribution in [1.29, 1.82) is 0 Å². The van der Waals surface area contributed by atoms with Crippen LogP contribution >= 0.6 is 0 Å². The molecule has 0 aliphatic heterocycles. The fraction of sp³-hybridized carbons (Fsp3) is 0.381. The highest BCUT2D eigenvalue weighted by Crippen LogP contribution is 2.22. The van der Waals surface area contributed by atoms with E-state index >= 15 is 0 Å². The van der Waals surface area contributed by atoms with Crippen LogP contribution in [-0.2, 0) is 4.79 Å². The third-order valence-electron chi connectivity index (χ3n) is 4.62. The number of hydrogen-bond acceptors (Lipinski definition) is 2. The van der Waals surface area contributed by atoms with Gasteiger partial charge in [0.2, 0.25) is 0 Å². The lowest BCUT2D eigenvalue weighted by molar-refractivity contribution is -0.127. The van der Waals surface area contributed by atoms with E-state index in [-0.39, 0.29) is 11.9 Å². The first-order chi connectivity index (χ1) is 11.3. The number of amides is 1. The van der Waals surface area contributed by atoms with E-state index in [0.29, 0.717) is 0 Å². The summed E-state index contributed by atoms with van der Waals surface area (Å²) in [6.07, 6.45) is -0.542. The lowest BCUT2D eigenvalue weighted by atomic mass is 10.0. The molecule has 0 saturated heterocycles. The van der Waals surface area contributed by atoms with Gasteiger partial charge in [0.25, 0.3) is 5.91 Å². The van der Waals surface area contributed by atoms with Crippen molar-refractivity contribution in [2.24, 2.45) is 0 Å². The molecule has 2 aromatic rings. The van der Waals surface area contributed by atoms with Crippen LogP contribution < -0.4 is 10.1 Å². The van der Waals surface area contributed by atoms with Crippen molar-refractivity contribution in [3.63, 3.8) is 0 Å².